The second kappa shape index (κ2) is 9.73. The highest BCUT2D eigenvalue weighted by atomic mass is 16.3. The maximum absolute atomic E-state index is 10.9. The van der Waals surface area contributed by atoms with Gasteiger partial charge in [-0.25, -0.2) is 4.98 Å². The third kappa shape index (κ3) is 4.49. The summed E-state index contributed by atoms with van der Waals surface area (Å²) in [4.78, 5) is 9.78. The molecule has 2 atom stereocenters. The van der Waals surface area contributed by atoms with Crippen molar-refractivity contribution in [1.29, 1.82) is 0 Å². The molecule has 3 heterocycles. The van der Waals surface area contributed by atoms with Crippen LogP contribution >= 0.6 is 0 Å². The molecule has 35 heavy (non-hydrogen) atoms. The lowest BCUT2D eigenvalue weighted by atomic mass is 9.78. The first-order valence-electron chi connectivity index (χ1n) is 13.6. The van der Waals surface area contributed by atoms with Gasteiger partial charge in [0, 0.05) is 62.0 Å². The van der Waals surface area contributed by atoms with Crippen LogP contribution in [0.1, 0.15) is 49.7 Å². The molecule has 6 nitrogen and oxygen atoms in total. The smallest absolute Gasteiger partial charge is 0.197 e. The van der Waals surface area contributed by atoms with E-state index in [-0.39, 0.29) is 0 Å². The Morgan fingerprint density at radius 3 is 2.09 bits per heavy atom. The molecule has 6 heteroatoms. The number of rotatable bonds is 5. The molecular weight excluding hydrogens is 436 g/mol. The molecule has 2 fully saturated rings. The van der Waals surface area contributed by atoms with Gasteiger partial charge in [0.05, 0.1) is 0 Å². The number of pyridine rings is 1. The van der Waals surface area contributed by atoms with Crippen molar-refractivity contribution in [2.45, 2.75) is 57.9 Å². The number of benzene rings is 1. The summed E-state index contributed by atoms with van der Waals surface area (Å²) in [5.41, 5.74) is 2.00. The van der Waals surface area contributed by atoms with Crippen LogP contribution < -0.4 is 4.90 Å². The SMILES string of the molecule is Oc1c2c(c(O)n1CC1CCCCC1CN1CCN(c3cc4ccccc4cn3)CC1)CCCC2. The standard InChI is InChI=1S/C29H38N4O2/c34-28-25-11-5-6-12-26(25)29(35)33(28)20-24-10-4-3-9-23(24)19-31-13-15-32(16-14-31)27-17-21-7-1-2-8-22(21)18-30-27/h1-2,7-8,17-18,23-24,34-35H,3-6,9-16,19-20H2. The molecule has 1 saturated carbocycles. The number of aromatic nitrogens is 2. The number of fused-ring (bicyclic) bond motifs is 2. The minimum Gasteiger partial charge on any atom is -0.494 e. The summed E-state index contributed by atoms with van der Waals surface area (Å²) in [6.07, 6.45) is 11.0. The summed E-state index contributed by atoms with van der Waals surface area (Å²) in [6.45, 7) is 6.00. The molecule has 0 spiro atoms. The minimum atomic E-state index is 0.332. The molecule has 1 aliphatic heterocycles. The average molecular weight is 475 g/mol. The number of nitrogens with zero attached hydrogens (tertiary/aromatic N) is 4. The second-order valence-electron chi connectivity index (χ2n) is 10.9. The lowest BCUT2D eigenvalue weighted by Crippen LogP contribution is -2.49. The fraction of sp³-hybridized carbons (Fsp3) is 0.552. The normalized spacial score (nSPS) is 23.5. The van der Waals surface area contributed by atoms with Crippen molar-refractivity contribution in [3.8, 4) is 11.8 Å². The molecule has 0 amide bonds. The van der Waals surface area contributed by atoms with Gasteiger partial charge in [0.25, 0.3) is 0 Å². The van der Waals surface area contributed by atoms with Crippen LogP contribution in [0.25, 0.3) is 10.8 Å². The van der Waals surface area contributed by atoms with Gasteiger partial charge in [-0.05, 0) is 61.8 Å². The van der Waals surface area contributed by atoms with Crippen molar-refractivity contribution in [3.05, 3.63) is 47.7 Å². The molecule has 186 valence electrons. The van der Waals surface area contributed by atoms with E-state index >= 15 is 0 Å². The number of hydrogen-bond acceptors (Lipinski definition) is 5. The lowest BCUT2D eigenvalue weighted by molar-refractivity contribution is 0.130. The van der Waals surface area contributed by atoms with Gasteiger partial charge >= 0.3 is 0 Å². The second-order valence-corrected chi connectivity index (χ2v) is 10.9. The Labute approximate surface area is 208 Å². The Morgan fingerprint density at radius 1 is 0.771 bits per heavy atom. The number of aromatic hydroxyl groups is 2. The van der Waals surface area contributed by atoms with E-state index < -0.39 is 0 Å². The van der Waals surface area contributed by atoms with Gasteiger partial charge in [-0.2, -0.15) is 0 Å². The molecule has 0 radical (unpaired) electrons. The molecule has 6 rings (SSSR count). The van der Waals surface area contributed by atoms with E-state index in [9.17, 15) is 10.2 Å². The van der Waals surface area contributed by atoms with E-state index in [0.717, 1.165) is 81.9 Å². The monoisotopic (exact) mass is 474 g/mol. The minimum absolute atomic E-state index is 0.332. The molecule has 0 bridgehead atoms. The quantitative estimate of drug-likeness (QED) is 0.548. The zero-order valence-corrected chi connectivity index (χ0v) is 20.7. The predicted molar refractivity (Wildman–Crippen MR) is 140 cm³/mol. The van der Waals surface area contributed by atoms with Crippen LogP contribution in [0.4, 0.5) is 5.82 Å². The van der Waals surface area contributed by atoms with Gasteiger partial charge in [0.15, 0.2) is 11.8 Å². The zero-order chi connectivity index (χ0) is 23.8. The Hall–Kier alpha value is -2.73. The van der Waals surface area contributed by atoms with Gasteiger partial charge in [-0.3, -0.25) is 9.47 Å². The largest absolute Gasteiger partial charge is 0.494 e. The molecule has 1 saturated heterocycles. The third-order valence-electron chi connectivity index (χ3n) is 8.81. The molecule has 2 aliphatic carbocycles. The van der Waals surface area contributed by atoms with Crippen molar-refractivity contribution in [3.63, 3.8) is 0 Å². The molecule has 3 aromatic rings. The van der Waals surface area contributed by atoms with E-state index in [1.165, 1.54) is 36.5 Å². The summed E-state index contributed by atoms with van der Waals surface area (Å²) in [5, 5.41) is 24.2. The van der Waals surface area contributed by atoms with Gasteiger partial charge in [0.1, 0.15) is 5.82 Å². The summed E-state index contributed by atoms with van der Waals surface area (Å²) < 4.78 is 1.84. The topological polar surface area (TPSA) is 64.8 Å². The van der Waals surface area contributed by atoms with Gasteiger partial charge in [0.2, 0.25) is 0 Å². The van der Waals surface area contributed by atoms with E-state index in [4.69, 9.17) is 4.98 Å². The van der Waals surface area contributed by atoms with Crippen molar-refractivity contribution in [1.82, 2.24) is 14.5 Å². The van der Waals surface area contributed by atoms with Crippen molar-refractivity contribution in [2.75, 3.05) is 37.6 Å². The average Bonchev–Trinajstić information content (AvgIpc) is 3.15. The molecular formula is C29H38N4O2. The Morgan fingerprint density at radius 2 is 1.40 bits per heavy atom. The van der Waals surface area contributed by atoms with E-state index in [0.29, 0.717) is 23.6 Å². The third-order valence-corrected chi connectivity index (χ3v) is 8.81. The van der Waals surface area contributed by atoms with Crippen LogP contribution in [0.5, 0.6) is 11.8 Å². The zero-order valence-electron chi connectivity index (χ0n) is 20.7. The van der Waals surface area contributed by atoms with Crippen LogP contribution in [-0.2, 0) is 19.4 Å². The summed E-state index contributed by atoms with van der Waals surface area (Å²) in [7, 11) is 0. The Kier molecular flexibility index (Phi) is 6.31. The first kappa shape index (κ1) is 22.7. The van der Waals surface area contributed by atoms with Crippen LogP contribution in [0.3, 0.4) is 0 Å². The van der Waals surface area contributed by atoms with Crippen LogP contribution in [0, 0.1) is 11.8 Å². The first-order chi connectivity index (χ1) is 17.2. The number of anilines is 1. The van der Waals surface area contributed by atoms with Crippen molar-refractivity contribution in [2.24, 2.45) is 11.8 Å². The number of piperazine rings is 1. The number of hydrogen-bond donors (Lipinski definition) is 2. The highest BCUT2D eigenvalue weighted by molar-refractivity contribution is 5.83. The highest BCUT2D eigenvalue weighted by Gasteiger charge is 2.32. The first-order valence-corrected chi connectivity index (χ1v) is 13.6. The van der Waals surface area contributed by atoms with Gasteiger partial charge in [-0.15, -0.1) is 0 Å². The predicted octanol–water partition coefficient (Wildman–Crippen LogP) is 4.95. The molecule has 1 aromatic carbocycles. The van der Waals surface area contributed by atoms with Gasteiger partial charge in [-0.1, -0.05) is 37.1 Å². The highest BCUT2D eigenvalue weighted by Crippen LogP contribution is 2.41. The van der Waals surface area contributed by atoms with Gasteiger partial charge < -0.3 is 15.1 Å². The Balaban J connectivity index is 1.10. The molecule has 3 aliphatic rings. The summed E-state index contributed by atoms with van der Waals surface area (Å²) >= 11 is 0. The Bertz CT molecular complexity index is 1150. The van der Waals surface area contributed by atoms with Crippen molar-refractivity contribution >= 4 is 16.6 Å². The maximum atomic E-state index is 10.9. The van der Waals surface area contributed by atoms with E-state index in [1.807, 2.05) is 10.8 Å². The van der Waals surface area contributed by atoms with Crippen LogP contribution in [0.2, 0.25) is 0 Å². The maximum Gasteiger partial charge on any atom is 0.197 e. The lowest BCUT2D eigenvalue weighted by Gasteiger charge is -2.40. The van der Waals surface area contributed by atoms with Crippen LogP contribution in [-0.4, -0.2) is 57.4 Å². The molecule has 2 unspecified atom stereocenters. The molecule has 2 N–H and O–H groups in total. The summed E-state index contributed by atoms with van der Waals surface area (Å²) in [6, 6.07) is 10.7. The fourth-order valence-corrected chi connectivity index (χ4v) is 6.73. The van der Waals surface area contributed by atoms with E-state index in [1.54, 1.807) is 0 Å². The molecule has 2 aromatic heterocycles. The van der Waals surface area contributed by atoms with Crippen LogP contribution in [0.15, 0.2) is 36.5 Å². The fourth-order valence-electron chi connectivity index (χ4n) is 6.73. The van der Waals surface area contributed by atoms with E-state index in [2.05, 4.69) is 40.1 Å². The van der Waals surface area contributed by atoms with Crippen molar-refractivity contribution < 1.29 is 10.2 Å². The summed E-state index contributed by atoms with van der Waals surface area (Å²) in [5.74, 6) is 2.87.